The third-order valence-electron chi connectivity index (χ3n) is 13.3. The normalized spacial score (nSPS) is 12.5. The molecule has 0 amide bonds. The molecule has 0 saturated carbocycles. The SMILES string of the molecule is [2H]C([2H])([2H])c1cc(-n2c(-c3cc(C)cc(C)c3O)nc3c(-c4[c-]c(-c5cc(-c6ccc(-c7ccccc7)cc6)ccn5)cc(C(C)(C)C)c4)cccc32)c(-c2ccc(C(C)(C)C)cc2)cc1-c1ccccc1.[Pt]. The summed E-state index contributed by atoms with van der Waals surface area (Å²) in [5.74, 6) is 0.592. The zero-order chi connectivity index (χ0) is 50.7. The van der Waals surface area contributed by atoms with Crippen LogP contribution in [0.4, 0.5) is 0 Å². The average Bonchev–Trinajstić information content (AvgIpc) is 3.76. The number of pyridine rings is 1. The minimum Gasteiger partial charge on any atom is -0.507 e. The van der Waals surface area contributed by atoms with Crippen LogP contribution in [0.5, 0.6) is 5.75 Å². The van der Waals surface area contributed by atoms with E-state index in [4.69, 9.17) is 14.1 Å². The number of imidazole rings is 1. The smallest absolute Gasteiger partial charge is 0.148 e. The van der Waals surface area contributed by atoms with E-state index in [1.165, 1.54) is 11.1 Å². The molecule has 0 aliphatic carbocycles. The number of phenols is 1. The largest absolute Gasteiger partial charge is 0.507 e. The second-order valence-corrected chi connectivity index (χ2v) is 20.3. The number of aryl methyl sites for hydroxylation is 3. The Balaban J connectivity index is 0.00000656. The van der Waals surface area contributed by atoms with Crippen LogP contribution < -0.4 is 0 Å². The van der Waals surface area contributed by atoms with Crippen LogP contribution in [0, 0.1) is 26.8 Å². The van der Waals surface area contributed by atoms with Crippen LogP contribution in [0.25, 0.3) is 95.0 Å². The van der Waals surface area contributed by atoms with Crippen molar-refractivity contribution in [1.82, 2.24) is 14.5 Å². The second-order valence-electron chi connectivity index (χ2n) is 20.3. The number of para-hydroxylation sites is 1. The number of phenolic OH excluding ortho intramolecular Hbond substituents is 1. The number of hydrogen-bond donors (Lipinski definition) is 1. The predicted molar refractivity (Wildman–Crippen MR) is 289 cm³/mol. The molecule has 350 valence electrons. The molecule has 0 atom stereocenters. The monoisotopic (exact) mass is 1090 g/mol. The van der Waals surface area contributed by atoms with E-state index < -0.39 is 6.85 Å². The molecule has 8 aromatic carbocycles. The van der Waals surface area contributed by atoms with E-state index >= 15 is 0 Å². The molecular weight excluding hydrogens is 1030 g/mol. The molecule has 0 saturated heterocycles. The first-order valence-corrected chi connectivity index (χ1v) is 23.7. The number of hydrogen-bond acceptors (Lipinski definition) is 3. The van der Waals surface area contributed by atoms with Crippen molar-refractivity contribution in [2.24, 2.45) is 0 Å². The molecule has 5 heteroatoms. The summed E-state index contributed by atoms with van der Waals surface area (Å²) < 4.78 is 29.0. The maximum atomic E-state index is 12.0. The maximum Gasteiger partial charge on any atom is 0.148 e. The van der Waals surface area contributed by atoms with Gasteiger partial charge in [0.1, 0.15) is 11.6 Å². The minimum atomic E-state index is -2.48. The van der Waals surface area contributed by atoms with E-state index in [1.807, 2.05) is 103 Å². The summed E-state index contributed by atoms with van der Waals surface area (Å²) >= 11 is 0. The number of benzene rings is 8. The standard InChI is InChI=1S/C65H58N3O.Pt/c1-41-33-43(3)62(69)57(34-41)63-67-61-54(50-36-51(38-53(37-50)65(7,8)9)58-39-49(31-32-66-58)46-25-23-45(24-26-46)44-17-12-10-13-18-44)21-16-22-59(61)68(63)60-35-42(2)55(47-19-14-11-15-20-47)40-56(60)48-27-29-52(30-28-48)64(4,5)6;/h10-35,37-40,69H,1-9H3;/q-1;/i2D3;. The molecule has 10 rings (SSSR count). The minimum absolute atomic E-state index is 0. The Morgan fingerprint density at radius 3 is 1.77 bits per heavy atom. The van der Waals surface area contributed by atoms with Crippen molar-refractivity contribution >= 4 is 11.0 Å². The van der Waals surface area contributed by atoms with E-state index in [-0.39, 0.29) is 43.2 Å². The van der Waals surface area contributed by atoms with Crippen molar-refractivity contribution in [3.05, 3.63) is 216 Å². The first-order chi connectivity index (χ1) is 34.3. The van der Waals surface area contributed by atoms with Gasteiger partial charge in [0.15, 0.2) is 0 Å². The van der Waals surface area contributed by atoms with E-state index in [1.54, 1.807) is 0 Å². The summed E-state index contributed by atoms with van der Waals surface area (Å²) in [6, 6.07) is 63.6. The van der Waals surface area contributed by atoms with Crippen molar-refractivity contribution in [3.8, 4) is 89.7 Å². The zero-order valence-corrected chi connectivity index (χ0v) is 43.2. The number of nitrogens with zero attached hydrogens (tertiary/aromatic N) is 3. The molecule has 70 heavy (non-hydrogen) atoms. The summed E-state index contributed by atoms with van der Waals surface area (Å²) in [6.07, 6.45) is 1.86. The molecule has 0 unspecified atom stereocenters. The van der Waals surface area contributed by atoms with Crippen molar-refractivity contribution in [1.29, 1.82) is 0 Å². The van der Waals surface area contributed by atoms with Crippen LogP contribution in [-0.4, -0.2) is 19.6 Å². The van der Waals surface area contributed by atoms with Gasteiger partial charge in [0.2, 0.25) is 0 Å². The Bertz CT molecular complexity index is 3640. The molecule has 0 aliphatic heterocycles. The Kier molecular flexibility index (Phi) is 12.0. The van der Waals surface area contributed by atoms with Crippen molar-refractivity contribution in [3.63, 3.8) is 0 Å². The fourth-order valence-corrected chi connectivity index (χ4v) is 9.41. The van der Waals surface area contributed by atoms with E-state index in [9.17, 15) is 5.11 Å². The predicted octanol–water partition coefficient (Wildman–Crippen LogP) is 17.1. The number of rotatable bonds is 8. The molecule has 1 N–H and O–H groups in total. The summed E-state index contributed by atoms with van der Waals surface area (Å²) in [4.78, 5) is 10.5. The molecule has 0 spiro atoms. The number of aromatic hydroxyl groups is 1. The molecule has 10 aromatic rings. The van der Waals surface area contributed by atoms with Crippen LogP contribution in [-0.2, 0) is 31.9 Å². The van der Waals surface area contributed by atoms with Crippen LogP contribution >= 0.6 is 0 Å². The third-order valence-corrected chi connectivity index (χ3v) is 13.3. The average molecular weight is 1100 g/mol. The van der Waals surface area contributed by atoms with Gasteiger partial charge in [-0.2, -0.15) is 0 Å². The van der Waals surface area contributed by atoms with Gasteiger partial charge in [-0.3, -0.25) is 9.55 Å². The molecule has 2 heterocycles. The van der Waals surface area contributed by atoms with Gasteiger partial charge in [0.25, 0.3) is 0 Å². The van der Waals surface area contributed by atoms with Gasteiger partial charge >= 0.3 is 0 Å². The summed E-state index contributed by atoms with van der Waals surface area (Å²) in [5.41, 5.74) is 17.4. The van der Waals surface area contributed by atoms with Crippen LogP contribution in [0.2, 0.25) is 0 Å². The van der Waals surface area contributed by atoms with Crippen LogP contribution in [0.15, 0.2) is 182 Å². The third kappa shape index (κ3) is 9.34. The van der Waals surface area contributed by atoms with Crippen molar-refractivity contribution in [2.75, 3.05) is 0 Å². The quantitative estimate of drug-likeness (QED) is 0.154. The van der Waals surface area contributed by atoms with Gasteiger partial charge in [-0.15, -0.1) is 29.3 Å². The van der Waals surface area contributed by atoms with E-state index in [0.717, 1.165) is 72.4 Å². The molecule has 0 aliphatic rings. The molecule has 0 radical (unpaired) electrons. The van der Waals surface area contributed by atoms with E-state index in [0.29, 0.717) is 33.7 Å². The molecular formula is C65H58N3OPt-. The van der Waals surface area contributed by atoms with Crippen LogP contribution in [0.3, 0.4) is 0 Å². The zero-order valence-electron chi connectivity index (χ0n) is 43.9. The number of aromatic nitrogens is 3. The topological polar surface area (TPSA) is 50.9 Å². The maximum absolute atomic E-state index is 12.0. The molecule has 4 nitrogen and oxygen atoms in total. The van der Waals surface area contributed by atoms with E-state index in [2.05, 4.69) is 145 Å². The fourth-order valence-electron chi connectivity index (χ4n) is 9.41. The first kappa shape index (κ1) is 44.1. The molecule has 2 aromatic heterocycles. The fraction of sp³-hybridized carbons (Fsp3) is 0.169. The Hall–Kier alpha value is -7.13. The Morgan fingerprint density at radius 1 is 0.514 bits per heavy atom. The van der Waals surface area contributed by atoms with Gasteiger partial charge in [-0.1, -0.05) is 186 Å². The number of fused-ring (bicyclic) bond motifs is 1. The summed E-state index contributed by atoms with van der Waals surface area (Å²) in [6.45, 7) is 14.6. The second kappa shape index (κ2) is 19.0. The van der Waals surface area contributed by atoms with Crippen molar-refractivity contribution < 1.29 is 30.3 Å². The first-order valence-electron chi connectivity index (χ1n) is 25.2. The van der Waals surface area contributed by atoms with Gasteiger partial charge in [0, 0.05) is 42.6 Å². The Morgan fingerprint density at radius 2 is 1.11 bits per heavy atom. The Labute approximate surface area is 432 Å². The molecule has 0 fully saturated rings. The van der Waals surface area contributed by atoms with Gasteiger partial charge < -0.3 is 5.11 Å². The van der Waals surface area contributed by atoms with Crippen molar-refractivity contribution in [2.45, 2.75) is 73.1 Å². The van der Waals surface area contributed by atoms with Gasteiger partial charge in [-0.25, -0.2) is 4.98 Å². The van der Waals surface area contributed by atoms with Gasteiger partial charge in [-0.05, 0) is 123 Å². The van der Waals surface area contributed by atoms with Crippen LogP contribution in [0.1, 0.15) is 73.5 Å². The molecule has 0 bridgehead atoms. The van der Waals surface area contributed by atoms with Gasteiger partial charge in [0.05, 0.1) is 22.3 Å². The summed E-state index contributed by atoms with van der Waals surface area (Å²) in [5, 5.41) is 12.0. The summed E-state index contributed by atoms with van der Waals surface area (Å²) in [7, 11) is 0.